The van der Waals surface area contributed by atoms with Crippen LogP contribution in [-0.4, -0.2) is 15.2 Å². The van der Waals surface area contributed by atoms with E-state index in [-0.39, 0.29) is 5.69 Å². The molecule has 5 nitrogen and oxygen atoms in total. The third-order valence-electron chi connectivity index (χ3n) is 2.54. The molecule has 0 aliphatic heterocycles. The van der Waals surface area contributed by atoms with E-state index in [9.17, 15) is 4.79 Å². The second-order valence-electron chi connectivity index (χ2n) is 3.82. The van der Waals surface area contributed by atoms with E-state index in [1.54, 1.807) is 0 Å². The van der Waals surface area contributed by atoms with Crippen molar-refractivity contribution in [2.24, 2.45) is 0 Å². The molecule has 0 radical (unpaired) electrons. The van der Waals surface area contributed by atoms with Gasteiger partial charge in [0.1, 0.15) is 5.82 Å². The summed E-state index contributed by atoms with van der Waals surface area (Å²) in [4.78, 5) is 13.4. The van der Waals surface area contributed by atoms with Crippen molar-refractivity contribution in [1.29, 1.82) is 0 Å². The van der Waals surface area contributed by atoms with Gasteiger partial charge in [-0.1, -0.05) is 12.1 Å². The third-order valence-corrected chi connectivity index (χ3v) is 2.54. The van der Waals surface area contributed by atoms with E-state index >= 15 is 0 Å². The van der Waals surface area contributed by atoms with Crippen molar-refractivity contribution in [3.05, 3.63) is 45.6 Å². The fraction of sp³-hybridized carbons (Fsp3) is 0.273. The highest BCUT2D eigenvalue weighted by Gasteiger charge is 2.01. The lowest BCUT2D eigenvalue weighted by atomic mass is 10.1. The predicted octanol–water partition coefficient (Wildman–Crippen LogP) is 0.774. The Bertz CT molecular complexity index is 541. The molecule has 84 valence electrons. The highest BCUT2D eigenvalue weighted by Crippen LogP contribution is 2.13. The van der Waals surface area contributed by atoms with E-state index in [2.05, 4.69) is 15.2 Å². The summed E-state index contributed by atoms with van der Waals surface area (Å²) in [6.45, 7) is 1.98. The second kappa shape index (κ2) is 4.22. The number of anilines is 1. The minimum atomic E-state index is -0.265. The van der Waals surface area contributed by atoms with Crippen molar-refractivity contribution in [2.45, 2.75) is 19.8 Å². The maximum absolute atomic E-state index is 10.8. The van der Waals surface area contributed by atoms with Crippen LogP contribution in [0.1, 0.15) is 17.0 Å². The van der Waals surface area contributed by atoms with Gasteiger partial charge in [-0.15, -0.1) is 0 Å². The number of nitrogens with one attached hydrogen (secondary N) is 2. The Balaban J connectivity index is 2.04. The van der Waals surface area contributed by atoms with Crippen LogP contribution < -0.4 is 11.4 Å². The van der Waals surface area contributed by atoms with Gasteiger partial charge in [0.25, 0.3) is 0 Å². The third kappa shape index (κ3) is 2.31. The number of nitrogens with zero attached hydrogens (tertiary/aromatic N) is 1. The monoisotopic (exact) mass is 218 g/mol. The number of aromatic nitrogens is 3. The van der Waals surface area contributed by atoms with Crippen LogP contribution in [0.5, 0.6) is 0 Å². The Morgan fingerprint density at radius 1 is 1.38 bits per heavy atom. The van der Waals surface area contributed by atoms with Crippen LogP contribution in [0.15, 0.2) is 23.0 Å². The quantitative estimate of drug-likeness (QED) is 0.665. The van der Waals surface area contributed by atoms with Crippen molar-refractivity contribution >= 4 is 5.69 Å². The molecule has 0 fully saturated rings. The molecule has 1 aromatic carbocycles. The SMILES string of the molecule is Cc1ccc(CCc2n[nH]c(=O)[nH]2)cc1N. The molecule has 0 spiro atoms. The van der Waals surface area contributed by atoms with Gasteiger partial charge < -0.3 is 5.73 Å². The minimum Gasteiger partial charge on any atom is -0.399 e. The molecule has 4 N–H and O–H groups in total. The van der Waals surface area contributed by atoms with Gasteiger partial charge in [-0.3, -0.25) is 4.98 Å². The van der Waals surface area contributed by atoms with Crippen LogP contribution in [0.25, 0.3) is 0 Å². The number of aromatic amines is 2. The van der Waals surface area contributed by atoms with Crippen molar-refractivity contribution in [2.75, 3.05) is 5.73 Å². The fourth-order valence-corrected chi connectivity index (χ4v) is 1.53. The standard InChI is InChI=1S/C11H14N4O/c1-7-2-3-8(6-9(7)12)4-5-10-13-11(16)15-14-10/h2-3,6H,4-5,12H2,1H3,(H2,13,14,15,16). The first-order valence-corrected chi connectivity index (χ1v) is 5.14. The summed E-state index contributed by atoms with van der Waals surface area (Å²) in [6, 6.07) is 5.99. The molecule has 1 heterocycles. The molecule has 1 aromatic heterocycles. The highest BCUT2D eigenvalue weighted by atomic mass is 16.1. The largest absolute Gasteiger partial charge is 0.399 e. The lowest BCUT2D eigenvalue weighted by Gasteiger charge is -2.03. The van der Waals surface area contributed by atoms with E-state index in [0.29, 0.717) is 12.2 Å². The zero-order valence-electron chi connectivity index (χ0n) is 9.08. The van der Waals surface area contributed by atoms with Gasteiger partial charge in [0, 0.05) is 12.1 Å². The van der Waals surface area contributed by atoms with E-state index in [1.807, 2.05) is 25.1 Å². The Kier molecular flexibility index (Phi) is 2.76. The molecule has 2 aromatic rings. The number of aryl methyl sites for hydroxylation is 3. The van der Waals surface area contributed by atoms with Crippen LogP contribution in [0, 0.1) is 6.92 Å². The number of hydrogen-bond acceptors (Lipinski definition) is 3. The Hall–Kier alpha value is -2.04. The zero-order chi connectivity index (χ0) is 11.5. The van der Waals surface area contributed by atoms with Crippen molar-refractivity contribution in [1.82, 2.24) is 15.2 Å². The molecule has 0 bridgehead atoms. The van der Waals surface area contributed by atoms with E-state index < -0.39 is 0 Å². The van der Waals surface area contributed by atoms with Gasteiger partial charge in [-0.25, -0.2) is 9.89 Å². The minimum absolute atomic E-state index is 0.265. The Morgan fingerprint density at radius 3 is 2.81 bits per heavy atom. The summed E-state index contributed by atoms with van der Waals surface area (Å²) in [5.41, 5.74) is 8.57. The summed E-state index contributed by atoms with van der Waals surface area (Å²) in [5, 5.41) is 6.19. The van der Waals surface area contributed by atoms with Crippen LogP contribution in [0.3, 0.4) is 0 Å². The number of benzene rings is 1. The molecular weight excluding hydrogens is 204 g/mol. The zero-order valence-corrected chi connectivity index (χ0v) is 9.08. The normalized spacial score (nSPS) is 10.6. The number of H-pyrrole nitrogens is 2. The first-order chi connectivity index (χ1) is 7.65. The topological polar surface area (TPSA) is 87.6 Å². The van der Waals surface area contributed by atoms with Gasteiger partial charge >= 0.3 is 5.69 Å². The summed E-state index contributed by atoms with van der Waals surface area (Å²) >= 11 is 0. The molecule has 0 atom stereocenters. The second-order valence-corrected chi connectivity index (χ2v) is 3.82. The molecule has 0 saturated carbocycles. The van der Waals surface area contributed by atoms with Gasteiger partial charge in [0.2, 0.25) is 0 Å². The first-order valence-electron chi connectivity index (χ1n) is 5.14. The van der Waals surface area contributed by atoms with Crippen molar-refractivity contribution < 1.29 is 0 Å². The molecule has 0 amide bonds. The molecule has 5 heteroatoms. The molecule has 0 aliphatic carbocycles. The summed E-state index contributed by atoms with van der Waals surface area (Å²) in [7, 11) is 0. The number of nitrogen functional groups attached to an aromatic ring is 1. The fourth-order valence-electron chi connectivity index (χ4n) is 1.53. The van der Waals surface area contributed by atoms with Gasteiger partial charge in [-0.2, -0.15) is 5.10 Å². The Morgan fingerprint density at radius 2 is 2.19 bits per heavy atom. The Labute approximate surface area is 92.7 Å². The lowest BCUT2D eigenvalue weighted by molar-refractivity contribution is 0.865. The van der Waals surface area contributed by atoms with E-state index in [1.165, 1.54) is 0 Å². The first kappa shape index (κ1) is 10.5. The van der Waals surface area contributed by atoms with E-state index in [4.69, 9.17) is 5.73 Å². The number of hydrogen-bond donors (Lipinski definition) is 3. The van der Waals surface area contributed by atoms with E-state index in [0.717, 1.165) is 23.2 Å². The molecular formula is C11H14N4O. The summed E-state index contributed by atoms with van der Waals surface area (Å²) in [6.07, 6.45) is 1.51. The molecule has 2 rings (SSSR count). The number of rotatable bonds is 3. The van der Waals surface area contributed by atoms with Crippen LogP contribution >= 0.6 is 0 Å². The van der Waals surface area contributed by atoms with Crippen molar-refractivity contribution in [3.63, 3.8) is 0 Å². The maximum Gasteiger partial charge on any atom is 0.340 e. The molecule has 0 aliphatic rings. The summed E-state index contributed by atoms with van der Waals surface area (Å²) in [5.74, 6) is 0.671. The molecule has 16 heavy (non-hydrogen) atoms. The smallest absolute Gasteiger partial charge is 0.340 e. The maximum atomic E-state index is 10.8. The lowest BCUT2D eigenvalue weighted by Crippen LogP contribution is -2.02. The van der Waals surface area contributed by atoms with Gasteiger partial charge in [0.15, 0.2) is 0 Å². The average molecular weight is 218 g/mol. The highest BCUT2D eigenvalue weighted by molar-refractivity contribution is 5.48. The van der Waals surface area contributed by atoms with Crippen LogP contribution in [0.4, 0.5) is 5.69 Å². The average Bonchev–Trinajstić information content (AvgIpc) is 2.66. The van der Waals surface area contributed by atoms with Gasteiger partial charge in [-0.05, 0) is 30.5 Å². The molecule has 0 unspecified atom stereocenters. The molecule has 0 saturated heterocycles. The van der Waals surface area contributed by atoms with Gasteiger partial charge in [0.05, 0.1) is 0 Å². The summed E-state index contributed by atoms with van der Waals surface area (Å²) < 4.78 is 0. The van der Waals surface area contributed by atoms with Crippen molar-refractivity contribution in [3.8, 4) is 0 Å². The van der Waals surface area contributed by atoms with Crippen LogP contribution in [0.2, 0.25) is 0 Å². The van der Waals surface area contributed by atoms with Crippen LogP contribution in [-0.2, 0) is 12.8 Å². The number of nitrogens with two attached hydrogens (primary N) is 1. The predicted molar refractivity (Wildman–Crippen MR) is 62.2 cm³/mol.